The molecule has 7 aromatic rings. The van der Waals surface area contributed by atoms with E-state index >= 15 is 4.39 Å². The van der Waals surface area contributed by atoms with Crippen molar-refractivity contribution < 1.29 is 43.0 Å². The lowest BCUT2D eigenvalue weighted by molar-refractivity contribution is -0.141. The number of fused-ring (bicyclic) bond motifs is 4. The number of anilines is 2. The largest absolute Gasteiger partial charge is 0.508 e. The number of phenols is 1. The number of hydrogen-bond donors (Lipinski definition) is 4. The van der Waals surface area contributed by atoms with E-state index in [4.69, 9.17) is 28.9 Å². The summed E-state index contributed by atoms with van der Waals surface area (Å²) >= 11 is 1.58. The molecule has 448 valence electrons. The van der Waals surface area contributed by atoms with E-state index in [1.807, 2.05) is 96.6 Å². The zero-order valence-corrected chi connectivity index (χ0v) is 50.0. The predicted molar refractivity (Wildman–Crippen MR) is 322 cm³/mol. The van der Waals surface area contributed by atoms with Gasteiger partial charge in [-0.1, -0.05) is 68.4 Å². The van der Waals surface area contributed by atoms with E-state index in [0.717, 1.165) is 63.7 Å². The fraction of sp³-hybridized carbons (Fsp3) is 0.492. The van der Waals surface area contributed by atoms with Crippen LogP contribution >= 0.6 is 11.3 Å². The molecule has 9 atom stereocenters. The van der Waals surface area contributed by atoms with E-state index < -0.39 is 30.0 Å². The number of phenolic OH excluding ortho intramolecular Hbond substituents is 1. The minimum atomic E-state index is -0.870. The molecule has 4 N–H and O–H groups in total. The maximum atomic E-state index is 17.2. The zero-order valence-electron chi connectivity index (χ0n) is 49.2. The number of aromatic nitrogens is 5. The number of ether oxygens (including phenoxy) is 2. The van der Waals surface area contributed by atoms with Crippen LogP contribution in [0.1, 0.15) is 101 Å². The standard InChI is InChI=1S/C63H75FN12O8S/c1-8-38-10-9-11-41-22-46(77)23-48(54(38)41)56-55(64)57-49(26-65-56)59(74-28-42-16-17-43(29-74)68-42)70-62(69-57)82-31-44-18-19-45(72(44)7)32-83-63(81)73-20-21-75(35(4)27-73)52-25-51(84-71-52)53(34(2)3)61(80)76-30-47(78)24-50(76)60(79)67-36(5)39-12-14-40(15-13-39)58-37(6)66-33-85-58/h9-15,22-23,25-26,33-36,42-45,47,50,53,68,77-78H,8,16-21,24,27-32H2,1-7H3,(H,67,79)/t35-,36+,42?,43?,44+,45+,47-,50+,53-/m1/s1. The summed E-state index contributed by atoms with van der Waals surface area (Å²) < 4.78 is 35.6. The van der Waals surface area contributed by atoms with Gasteiger partial charge in [0.25, 0.3) is 0 Å². The normalized spacial score (nSPS) is 23.3. The van der Waals surface area contributed by atoms with Crippen molar-refractivity contribution in [3.05, 3.63) is 101 Å². The quantitative estimate of drug-likeness (QED) is 0.0712. The van der Waals surface area contributed by atoms with Crippen molar-refractivity contribution in [1.29, 1.82) is 0 Å². The molecule has 4 aromatic heterocycles. The van der Waals surface area contributed by atoms with Crippen molar-refractivity contribution in [3.63, 3.8) is 0 Å². The van der Waals surface area contributed by atoms with Crippen LogP contribution in [0.15, 0.2) is 76.9 Å². The van der Waals surface area contributed by atoms with Crippen LogP contribution in [0.5, 0.6) is 11.8 Å². The van der Waals surface area contributed by atoms with Crippen molar-refractivity contribution in [3.8, 4) is 33.5 Å². The smallest absolute Gasteiger partial charge is 0.409 e. The molecule has 9 heterocycles. The van der Waals surface area contributed by atoms with Crippen molar-refractivity contribution in [2.24, 2.45) is 5.92 Å². The number of carbonyl (C=O) groups excluding carboxylic acids is 3. The highest BCUT2D eigenvalue weighted by Gasteiger charge is 2.44. The second-order valence-corrected chi connectivity index (χ2v) is 25.0. The summed E-state index contributed by atoms with van der Waals surface area (Å²) in [6, 6.07) is 18.0. The third kappa shape index (κ3) is 11.6. The first kappa shape index (κ1) is 57.9. The van der Waals surface area contributed by atoms with Gasteiger partial charge >= 0.3 is 12.1 Å². The molecule has 2 unspecified atom stereocenters. The fourth-order valence-electron chi connectivity index (χ4n) is 13.5. The van der Waals surface area contributed by atoms with Gasteiger partial charge in [0, 0.05) is 93.7 Å². The zero-order chi connectivity index (χ0) is 59.4. The molecule has 5 fully saturated rings. The molecule has 5 aliphatic heterocycles. The number of pyridine rings is 1. The molecular formula is C63H75FN12O8S. The minimum Gasteiger partial charge on any atom is -0.508 e. The Labute approximate surface area is 497 Å². The van der Waals surface area contributed by atoms with Gasteiger partial charge in [-0.3, -0.25) is 19.5 Å². The molecule has 3 amide bonds. The Hall–Kier alpha value is -7.53. The first-order valence-electron chi connectivity index (χ1n) is 29.9. The number of likely N-dealkylation sites (tertiary alicyclic amines) is 2. The number of nitrogens with one attached hydrogen (secondary N) is 2. The molecule has 22 heteroatoms. The van der Waals surface area contributed by atoms with Crippen molar-refractivity contribution in [1.82, 2.24) is 50.4 Å². The minimum absolute atomic E-state index is 0.0164. The van der Waals surface area contributed by atoms with Gasteiger partial charge in [-0.05, 0) is 105 Å². The Morgan fingerprint density at radius 1 is 0.941 bits per heavy atom. The Morgan fingerprint density at radius 2 is 1.71 bits per heavy atom. The lowest BCUT2D eigenvalue weighted by Gasteiger charge is -2.39. The summed E-state index contributed by atoms with van der Waals surface area (Å²) in [7, 11) is 1.99. The Kier molecular flexibility index (Phi) is 16.4. The van der Waals surface area contributed by atoms with Crippen LogP contribution in [0, 0.1) is 18.7 Å². The molecule has 5 aliphatic rings. The number of rotatable bonds is 16. The predicted octanol–water partition coefficient (Wildman–Crippen LogP) is 8.38. The first-order valence-corrected chi connectivity index (χ1v) is 30.8. The second kappa shape index (κ2) is 24.1. The third-order valence-electron chi connectivity index (χ3n) is 18.2. The summed E-state index contributed by atoms with van der Waals surface area (Å²) in [5, 5.41) is 34.9. The van der Waals surface area contributed by atoms with Gasteiger partial charge in [0.1, 0.15) is 48.0 Å². The van der Waals surface area contributed by atoms with Crippen LogP contribution in [0.25, 0.3) is 43.4 Å². The average Bonchev–Trinajstić information content (AvgIpc) is 4.35. The number of aliphatic hydroxyl groups is 1. The summed E-state index contributed by atoms with van der Waals surface area (Å²) in [5.74, 6) is -0.770. The Balaban J connectivity index is 0.659. The monoisotopic (exact) mass is 1180 g/mol. The van der Waals surface area contributed by atoms with Gasteiger partial charge in [0.05, 0.1) is 33.6 Å². The number of thiazole rings is 1. The summed E-state index contributed by atoms with van der Waals surface area (Å²) in [4.78, 5) is 71.5. The lowest BCUT2D eigenvalue weighted by atomic mass is 9.91. The molecule has 0 radical (unpaired) electrons. The molecule has 0 spiro atoms. The van der Waals surface area contributed by atoms with E-state index in [0.29, 0.717) is 79.6 Å². The van der Waals surface area contributed by atoms with Crippen LogP contribution in [-0.2, 0) is 20.7 Å². The van der Waals surface area contributed by atoms with Gasteiger partial charge < -0.3 is 54.4 Å². The first-order chi connectivity index (χ1) is 41.0. The Bertz CT molecular complexity index is 3610. The number of β-amino-alcohol motifs (C(OH)–C–C–N with tert-alkyl or cyclic N) is 1. The maximum absolute atomic E-state index is 17.2. The SMILES string of the molecule is CCc1cccc2cc(O)cc(-c3ncc4c(N5CC6CCC(C5)N6)nc(OC[C@@H]5CC[C@@H](COC(=O)N6CCN(c7cc([C@H](C(=O)N8C[C@H](O)C[C@H]8C(=O)N[C@@H](C)c8ccc(-c9scnc9C)cc8)C(C)C)on7)[C@H](C)C6)N5C)nc4c3F)c12. The van der Waals surface area contributed by atoms with Crippen molar-refractivity contribution >= 4 is 62.6 Å². The molecule has 20 nitrogen and oxygen atoms in total. The van der Waals surface area contributed by atoms with Crippen molar-refractivity contribution in [2.75, 3.05) is 69.3 Å². The topological polar surface area (TPSA) is 228 Å². The van der Waals surface area contributed by atoms with E-state index in [2.05, 4.69) is 35.5 Å². The highest BCUT2D eigenvalue weighted by molar-refractivity contribution is 7.13. The number of aryl methyl sites for hydroxylation is 2. The maximum Gasteiger partial charge on any atom is 0.409 e. The average molecular weight is 1180 g/mol. The molecule has 0 saturated carbocycles. The number of aromatic hydroxyl groups is 1. The van der Waals surface area contributed by atoms with E-state index in [9.17, 15) is 24.6 Å². The van der Waals surface area contributed by atoms with Crippen LogP contribution in [0.3, 0.4) is 0 Å². The molecule has 2 bridgehead atoms. The van der Waals surface area contributed by atoms with Crippen molar-refractivity contribution in [2.45, 2.75) is 134 Å². The van der Waals surface area contributed by atoms with Gasteiger partial charge in [-0.25, -0.2) is 14.2 Å². The lowest BCUT2D eigenvalue weighted by Crippen LogP contribution is -2.54. The number of aliphatic hydroxyl groups excluding tert-OH is 1. The summed E-state index contributed by atoms with van der Waals surface area (Å²) in [6.07, 6.45) is 4.84. The number of halogens is 1. The number of amides is 3. The fourth-order valence-corrected chi connectivity index (χ4v) is 14.3. The number of benzene rings is 3. The number of carbonyl (C=O) groups is 3. The number of piperazine rings is 2. The molecule has 85 heavy (non-hydrogen) atoms. The van der Waals surface area contributed by atoms with Gasteiger partial charge in [0.15, 0.2) is 17.4 Å². The van der Waals surface area contributed by atoms with E-state index in [-0.39, 0.29) is 91.0 Å². The van der Waals surface area contributed by atoms with Crippen LogP contribution in [0.4, 0.5) is 20.8 Å². The molecule has 5 saturated heterocycles. The third-order valence-corrected chi connectivity index (χ3v) is 19.2. The molecule has 0 aliphatic carbocycles. The van der Waals surface area contributed by atoms with Crippen LogP contribution in [-0.4, -0.2) is 170 Å². The van der Waals surface area contributed by atoms with Gasteiger partial charge in [-0.15, -0.1) is 11.3 Å². The van der Waals surface area contributed by atoms with Crippen LogP contribution in [0.2, 0.25) is 0 Å². The van der Waals surface area contributed by atoms with E-state index in [1.54, 1.807) is 40.6 Å². The van der Waals surface area contributed by atoms with Gasteiger partial charge in [-0.2, -0.15) is 9.97 Å². The highest BCUT2D eigenvalue weighted by atomic mass is 32.1. The molecule has 3 aromatic carbocycles. The van der Waals surface area contributed by atoms with Gasteiger partial charge in [0.2, 0.25) is 11.8 Å². The van der Waals surface area contributed by atoms with E-state index in [1.165, 1.54) is 4.90 Å². The van der Waals surface area contributed by atoms with Crippen LogP contribution < -0.4 is 25.2 Å². The summed E-state index contributed by atoms with van der Waals surface area (Å²) in [6.45, 7) is 14.8. The molecular weight excluding hydrogens is 1100 g/mol. The number of likely N-dealkylation sites (N-methyl/N-ethyl adjacent to an activating group) is 1. The Morgan fingerprint density at radius 3 is 2.42 bits per heavy atom. The highest BCUT2D eigenvalue weighted by Crippen LogP contribution is 2.40. The summed E-state index contributed by atoms with van der Waals surface area (Å²) in [5.41, 5.74) is 6.45. The second-order valence-electron chi connectivity index (χ2n) is 24.2. The number of hydrogen-bond acceptors (Lipinski definition) is 18. The number of nitrogens with zero attached hydrogens (tertiary/aromatic N) is 10. The molecule has 12 rings (SSSR count).